The lowest BCUT2D eigenvalue weighted by Gasteiger charge is -2.13. The van der Waals surface area contributed by atoms with Crippen molar-refractivity contribution in [2.45, 2.75) is 19.4 Å². The van der Waals surface area contributed by atoms with Gasteiger partial charge in [0.2, 0.25) is 0 Å². The number of fused-ring (bicyclic) bond motifs is 1. The van der Waals surface area contributed by atoms with E-state index in [1.807, 2.05) is 24.3 Å². The van der Waals surface area contributed by atoms with E-state index in [0.717, 1.165) is 27.8 Å². The maximum absolute atomic E-state index is 12.8. The molecular formula is C34H31NO6S. The van der Waals surface area contributed by atoms with Crippen LogP contribution >= 0.6 is 11.3 Å². The fourth-order valence-corrected chi connectivity index (χ4v) is 5.85. The van der Waals surface area contributed by atoms with Crippen LogP contribution in [-0.4, -0.2) is 37.3 Å². The normalized spacial score (nSPS) is 11.0. The van der Waals surface area contributed by atoms with Crippen LogP contribution in [0.15, 0.2) is 102 Å². The number of hydrogen-bond acceptors (Lipinski definition) is 7. The minimum atomic E-state index is -1.02. The van der Waals surface area contributed by atoms with Crippen LogP contribution in [0.25, 0.3) is 21.3 Å². The van der Waals surface area contributed by atoms with Crippen LogP contribution in [0.1, 0.15) is 16.7 Å². The van der Waals surface area contributed by atoms with Gasteiger partial charge in [-0.25, -0.2) is 0 Å². The van der Waals surface area contributed by atoms with Gasteiger partial charge in [-0.3, -0.25) is 19.0 Å². The zero-order chi connectivity index (χ0) is 29.5. The van der Waals surface area contributed by atoms with Gasteiger partial charge in [0.05, 0.1) is 31.0 Å². The Kier molecular flexibility index (Phi) is 9.14. The molecule has 214 valence electrons. The highest BCUT2D eigenvalue weighted by Crippen LogP contribution is 2.24. The van der Waals surface area contributed by atoms with Gasteiger partial charge in [-0.2, -0.15) is 0 Å². The second-order valence-electron chi connectivity index (χ2n) is 9.86. The highest BCUT2D eigenvalue weighted by atomic mass is 32.1. The molecule has 0 aliphatic carbocycles. The van der Waals surface area contributed by atoms with Gasteiger partial charge < -0.3 is 14.2 Å². The van der Waals surface area contributed by atoms with Gasteiger partial charge >= 0.3 is 16.8 Å². The molecule has 0 atom stereocenters. The summed E-state index contributed by atoms with van der Waals surface area (Å²) in [7, 11) is 2.48. The van der Waals surface area contributed by atoms with Gasteiger partial charge in [0.15, 0.2) is 5.92 Å². The van der Waals surface area contributed by atoms with Gasteiger partial charge in [0.25, 0.3) is 0 Å². The summed E-state index contributed by atoms with van der Waals surface area (Å²) < 4.78 is 18.0. The molecule has 0 radical (unpaired) electrons. The maximum atomic E-state index is 12.8. The van der Waals surface area contributed by atoms with Crippen LogP contribution in [0, 0.1) is 5.92 Å². The van der Waals surface area contributed by atoms with Gasteiger partial charge in [-0.15, -0.1) is 0 Å². The Morgan fingerprint density at radius 1 is 0.762 bits per heavy atom. The van der Waals surface area contributed by atoms with Gasteiger partial charge in [-0.1, -0.05) is 84.1 Å². The van der Waals surface area contributed by atoms with E-state index in [-0.39, 0.29) is 11.3 Å². The molecule has 0 aliphatic heterocycles. The zero-order valence-electron chi connectivity index (χ0n) is 23.4. The van der Waals surface area contributed by atoms with E-state index in [9.17, 15) is 14.4 Å². The van der Waals surface area contributed by atoms with Crippen molar-refractivity contribution in [3.63, 3.8) is 0 Å². The predicted octanol–water partition coefficient (Wildman–Crippen LogP) is 5.90. The molecule has 0 unspecified atom stereocenters. The number of aromatic nitrogens is 1. The number of rotatable bonds is 11. The standard InChI is InChI=1S/C34H31NO6S/c1-39-32(36)29(33(37)40-2)21-24-10-15-28(16-11-24)41-19-18-35-30-17-12-25(22-31(30)42-34(35)38)20-23-8-13-27(14-9-23)26-6-4-3-5-7-26/h3-17,22,29H,18-21H2,1-2H3. The van der Waals surface area contributed by atoms with Crippen molar-refractivity contribution in [2.24, 2.45) is 5.92 Å². The molecule has 0 bridgehead atoms. The van der Waals surface area contributed by atoms with E-state index in [2.05, 4.69) is 48.5 Å². The molecule has 0 aliphatic rings. The molecule has 0 amide bonds. The molecule has 8 heteroatoms. The fraction of sp³-hybridized carbons (Fsp3) is 0.206. The minimum absolute atomic E-state index is 0.0232. The van der Waals surface area contributed by atoms with Crippen LogP contribution < -0.4 is 9.61 Å². The van der Waals surface area contributed by atoms with E-state index in [1.165, 1.54) is 42.2 Å². The molecular weight excluding hydrogens is 550 g/mol. The third-order valence-electron chi connectivity index (χ3n) is 7.12. The van der Waals surface area contributed by atoms with Crippen molar-refractivity contribution in [3.05, 3.63) is 123 Å². The number of nitrogens with zero attached hydrogens (tertiary/aromatic N) is 1. The van der Waals surface area contributed by atoms with Crippen LogP contribution in [-0.2, 0) is 38.4 Å². The molecule has 4 aromatic carbocycles. The van der Waals surface area contributed by atoms with Crippen molar-refractivity contribution in [1.29, 1.82) is 0 Å². The maximum Gasteiger partial charge on any atom is 0.320 e. The number of carbonyl (C=O) groups excluding carboxylic acids is 2. The fourth-order valence-electron chi connectivity index (χ4n) is 4.87. The van der Waals surface area contributed by atoms with E-state index in [0.29, 0.717) is 18.9 Å². The van der Waals surface area contributed by atoms with Gasteiger partial charge in [-0.05, 0) is 64.9 Å². The Hall–Kier alpha value is -4.69. The SMILES string of the molecule is COC(=O)C(Cc1ccc(OCCn2c(=O)sc3cc(Cc4ccc(-c5ccccc5)cc4)ccc32)cc1)C(=O)OC. The van der Waals surface area contributed by atoms with E-state index >= 15 is 0 Å². The summed E-state index contributed by atoms with van der Waals surface area (Å²) in [6.07, 6.45) is 0.951. The van der Waals surface area contributed by atoms with Crippen LogP contribution in [0.4, 0.5) is 0 Å². The molecule has 42 heavy (non-hydrogen) atoms. The molecule has 0 spiro atoms. The quantitative estimate of drug-likeness (QED) is 0.143. The molecule has 0 saturated carbocycles. The Bertz CT molecular complexity index is 1710. The lowest BCUT2D eigenvalue weighted by atomic mass is 9.99. The summed E-state index contributed by atoms with van der Waals surface area (Å²) in [5, 5.41) is 0. The van der Waals surface area contributed by atoms with Gasteiger partial charge in [0, 0.05) is 0 Å². The van der Waals surface area contributed by atoms with Crippen molar-refractivity contribution in [2.75, 3.05) is 20.8 Å². The average Bonchev–Trinajstić information content (AvgIpc) is 3.34. The lowest BCUT2D eigenvalue weighted by Crippen LogP contribution is -2.28. The Balaban J connectivity index is 1.19. The summed E-state index contributed by atoms with van der Waals surface area (Å²) in [5.41, 5.74) is 6.42. The smallest absolute Gasteiger partial charge is 0.320 e. The van der Waals surface area contributed by atoms with Gasteiger partial charge in [0.1, 0.15) is 12.4 Å². The first-order chi connectivity index (χ1) is 20.4. The highest BCUT2D eigenvalue weighted by Gasteiger charge is 2.28. The number of benzene rings is 4. The number of thiazole rings is 1. The number of ether oxygens (including phenoxy) is 3. The number of carbonyl (C=O) groups is 2. The van der Waals surface area contributed by atoms with Crippen molar-refractivity contribution in [3.8, 4) is 16.9 Å². The highest BCUT2D eigenvalue weighted by molar-refractivity contribution is 7.16. The first-order valence-electron chi connectivity index (χ1n) is 13.6. The predicted molar refractivity (Wildman–Crippen MR) is 164 cm³/mol. The monoisotopic (exact) mass is 581 g/mol. The largest absolute Gasteiger partial charge is 0.492 e. The second kappa shape index (κ2) is 13.3. The second-order valence-corrected chi connectivity index (χ2v) is 10.9. The molecule has 1 aromatic heterocycles. The molecule has 1 heterocycles. The Labute approximate surface area is 247 Å². The number of hydrogen-bond donors (Lipinski definition) is 0. The molecule has 0 N–H and O–H groups in total. The van der Waals surface area contributed by atoms with Crippen LogP contribution in [0.2, 0.25) is 0 Å². The van der Waals surface area contributed by atoms with E-state index in [1.54, 1.807) is 28.8 Å². The van der Waals surface area contributed by atoms with E-state index < -0.39 is 17.9 Å². The first kappa shape index (κ1) is 28.8. The molecule has 5 aromatic rings. The zero-order valence-corrected chi connectivity index (χ0v) is 24.3. The molecule has 5 rings (SSSR count). The third kappa shape index (κ3) is 6.78. The summed E-state index contributed by atoms with van der Waals surface area (Å²) in [6, 6.07) is 32.2. The summed E-state index contributed by atoms with van der Waals surface area (Å²) in [5.74, 6) is -1.67. The van der Waals surface area contributed by atoms with Crippen molar-refractivity contribution in [1.82, 2.24) is 4.57 Å². The Morgan fingerprint density at radius 2 is 1.38 bits per heavy atom. The summed E-state index contributed by atoms with van der Waals surface area (Å²) in [4.78, 5) is 36.6. The third-order valence-corrected chi connectivity index (χ3v) is 8.06. The van der Waals surface area contributed by atoms with E-state index in [4.69, 9.17) is 14.2 Å². The summed E-state index contributed by atoms with van der Waals surface area (Å²) in [6.45, 7) is 0.723. The average molecular weight is 582 g/mol. The number of esters is 2. The van der Waals surface area contributed by atoms with Crippen molar-refractivity contribution >= 4 is 33.5 Å². The molecule has 0 fully saturated rings. The topological polar surface area (TPSA) is 83.8 Å². The van der Waals surface area contributed by atoms with Crippen LogP contribution in [0.5, 0.6) is 5.75 Å². The number of methoxy groups -OCH3 is 2. The summed E-state index contributed by atoms with van der Waals surface area (Å²) >= 11 is 1.24. The van der Waals surface area contributed by atoms with Crippen molar-refractivity contribution < 1.29 is 23.8 Å². The first-order valence-corrected chi connectivity index (χ1v) is 14.4. The molecule has 7 nitrogen and oxygen atoms in total. The molecule has 0 saturated heterocycles. The Morgan fingerprint density at radius 3 is 2.05 bits per heavy atom. The lowest BCUT2D eigenvalue weighted by molar-refractivity contribution is -0.158. The minimum Gasteiger partial charge on any atom is -0.492 e. The van der Waals surface area contributed by atoms with Crippen LogP contribution in [0.3, 0.4) is 0 Å².